The number of carboxylic acid groups (broad SMARTS) is 1. The Bertz CT molecular complexity index is 878. The van der Waals surface area contributed by atoms with Crippen molar-refractivity contribution in [2.24, 2.45) is 0 Å². The second-order valence-corrected chi connectivity index (χ2v) is 7.43. The van der Waals surface area contributed by atoms with Gasteiger partial charge in [-0.25, -0.2) is 4.79 Å². The summed E-state index contributed by atoms with van der Waals surface area (Å²) in [4.78, 5) is 29.7. The predicted octanol–water partition coefficient (Wildman–Crippen LogP) is 1.46. The zero-order valence-corrected chi connectivity index (χ0v) is 15.4. The number of rotatable bonds is 5. The minimum Gasteiger partial charge on any atom is -0.478 e. The van der Waals surface area contributed by atoms with Gasteiger partial charge >= 0.3 is 17.8 Å². The van der Waals surface area contributed by atoms with Crippen LogP contribution in [0.1, 0.15) is 17.3 Å². The Hall–Kier alpha value is -3.14. The third-order valence-corrected chi connectivity index (χ3v) is 5.17. The zero-order valence-electron chi connectivity index (χ0n) is 15.4. The van der Waals surface area contributed by atoms with Crippen molar-refractivity contribution < 1.29 is 19.6 Å². The standard InChI is InChI=1S/C18H21N5O5/c1-18(12-22-10-15(23(26)27)19-17(22)28-18)11-20-6-8-21(9-7-20)14-4-2-13(3-5-14)16(24)25/h2-5,10H,6-9,11-12H2,1H3,(H,24,25)/t18-/m0/s1. The molecule has 1 aromatic heterocycles. The van der Waals surface area contributed by atoms with Gasteiger partial charge in [-0.2, -0.15) is 0 Å². The lowest BCUT2D eigenvalue weighted by Crippen LogP contribution is -2.52. The fraction of sp³-hybridized carbons (Fsp3) is 0.444. The van der Waals surface area contributed by atoms with Crippen LogP contribution >= 0.6 is 0 Å². The summed E-state index contributed by atoms with van der Waals surface area (Å²) < 4.78 is 7.60. The summed E-state index contributed by atoms with van der Waals surface area (Å²) in [5, 5.41) is 19.8. The second-order valence-electron chi connectivity index (χ2n) is 7.43. The van der Waals surface area contributed by atoms with Gasteiger partial charge in [0, 0.05) is 43.4 Å². The second kappa shape index (κ2) is 6.79. The fourth-order valence-corrected chi connectivity index (χ4v) is 3.82. The average molecular weight is 387 g/mol. The molecule has 10 nitrogen and oxygen atoms in total. The molecular weight excluding hydrogens is 366 g/mol. The molecule has 2 aliphatic rings. The van der Waals surface area contributed by atoms with Crippen LogP contribution in [-0.2, 0) is 6.54 Å². The Morgan fingerprint density at radius 2 is 1.96 bits per heavy atom. The van der Waals surface area contributed by atoms with E-state index in [0.29, 0.717) is 19.1 Å². The van der Waals surface area contributed by atoms with Crippen molar-refractivity contribution >= 4 is 17.5 Å². The number of carboxylic acids is 1. The van der Waals surface area contributed by atoms with Gasteiger partial charge in [0.1, 0.15) is 11.8 Å². The highest BCUT2D eigenvalue weighted by molar-refractivity contribution is 5.88. The van der Waals surface area contributed by atoms with Crippen molar-refractivity contribution in [1.82, 2.24) is 14.5 Å². The van der Waals surface area contributed by atoms with Gasteiger partial charge in [-0.05, 0) is 36.1 Å². The van der Waals surface area contributed by atoms with Crippen LogP contribution in [0.2, 0.25) is 0 Å². The van der Waals surface area contributed by atoms with Crippen molar-refractivity contribution in [3.8, 4) is 6.01 Å². The van der Waals surface area contributed by atoms with E-state index in [1.165, 1.54) is 6.20 Å². The number of imidazole rings is 1. The molecule has 1 fully saturated rings. The van der Waals surface area contributed by atoms with Gasteiger partial charge < -0.3 is 24.9 Å². The maximum atomic E-state index is 11.0. The van der Waals surface area contributed by atoms with E-state index in [0.717, 1.165) is 31.9 Å². The van der Waals surface area contributed by atoms with Crippen molar-refractivity contribution in [2.45, 2.75) is 19.1 Å². The largest absolute Gasteiger partial charge is 0.478 e. The zero-order chi connectivity index (χ0) is 19.9. The molecule has 0 amide bonds. The molecule has 3 heterocycles. The van der Waals surface area contributed by atoms with Gasteiger partial charge in [-0.1, -0.05) is 0 Å². The summed E-state index contributed by atoms with van der Waals surface area (Å²) in [7, 11) is 0. The number of ether oxygens (including phenoxy) is 1. The Labute approximate surface area is 161 Å². The third-order valence-electron chi connectivity index (χ3n) is 5.17. The average Bonchev–Trinajstić information content (AvgIpc) is 3.17. The van der Waals surface area contributed by atoms with Gasteiger partial charge in [0.15, 0.2) is 0 Å². The molecule has 28 heavy (non-hydrogen) atoms. The van der Waals surface area contributed by atoms with Crippen LogP contribution in [0.5, 0.6) is 6.01 Å². The maximum Gasteiger partial charge on any atom is 0.415 e. The summed E-state index contributed by atoms with van der Waals surface area (Å²) >= 11 is 0. The number of aromatic nitrogens is 2. The molecule has 1 atom stereocenters. The van der Waals surface area contributed by atoms with Gasteiger partial charge in [0.25, 0.3) is 0 Å². The molecule has 0 unspecified atom stereocenters. The molecule has 1 N–H and O–H groups in total. The predicted molar refractivity (Wildman–Crippen MR) is 100.0 cm³/mol. The van der Waals surface area contributed by atoms with E-state index < -0.39 is 16.5 Å². The minimum absolute atomic E-state index is 0.195. The first-order chi connectivity index (χ1) is 13.3. The molecule has 10 heteroatoms. The third kappa shape index (κ3) is 3.50. The number of nitro groups is 1. The van der Waals surface area contributed by atoms with E-state index in [1.54, 1.807) is 16.7 Å². The highest BCUT2D eigenvalue weighted by Gasteiger charge is 2.41. The molecule has 0 bridgehead atoms. The molecule has 0 spiro atoms. The lowest BCUT2D eigenvalue weighted by atomic mass is 10.1. The lowest BCUT2D eigenvalue weighted by Gasteiger charge is -2.39. The number of carbonyl (C=O) groups is 1. The topological polar surface area (TPSA) is 114 Å². The Balaban J connectivity index is 1.32. The molecule has 1 aromatic carbocycles. The quantitative estimate of drug-likeness (QED) is 0.606. The minimum atomic E-state index is -0.925. The Kier molecular flexibility index (Phi) is 4.42. The molecule has 148 valence electrons. The van der Waals surface area contributed by atoms with E-state index in [4.69, 9.17) is 9.84 Å². The Morgan fingerprint density at radius 1 is 1.29 bits per heavy atom. The summed E-state index contributed by atoms with van der Waals surface area (Å²) in [6, 6.07) is 7.22. The van der Waals surface area contributed by atoms with Gasteiger partial charge in [0.2, 0.25) is 0 Å². The molecule has 2 aliphatic heterocycles. The van der Waals surface area contributed by atoms with Gasteiger partial charge in [-0.3, -0.25) is 9.47 Å². The van der Waals surface area contributed by atoms with E-state index in [9.17, 15) is 14.9 Å². The van der Waals surface area contributed by atoms with Gasteiger partial charge in [-0.15, -0.1) is 0 Å². The SMILES string of the molecule is C[C@]1(CN2CCN(c3ccc(C(=O)O)cc3)CC2)Cn2cc([N+](=O)[O-])nc2O1. The molecular formula is C18H21N5O5. The number of piperazine rings is 1. The number of aromatic carboxylic acids is 1. The highest BCUT2D eigenvalue weighted by Crippen LogP contribution is 2.31. The monoisotopic (exact) mass is 387 g/mol. The first kappa shape index (κ1) is 18.2. The normalized spacial score (nSPS) is 22.0. The molecule has 0 aliphatic carbocycles. The van der Waals surface area contributed by atoms with Crippen LogP contribution in [0.4, 0.5) is 11.5 Å². The number of fused-ring (bicyclic) bond motifs is 1. The van der Waals surface area contributed by atoms with Crippen LogP contribution < -0.4 is 9.64 Å². The summed E-state index contributed by atoms with van der Waals surface area (Å²) in [5.41, 5.74) is 0.829. The van der Waals surface area contributed by atoms with E-state index in [-0.39, 0.29) is 11.4 Å². The van der Waals surface area contributed by atoms with Crippen molar-refractivity contribution in [1.29, 1.82) is 0 Å². The lowest BCUT2D eigenvalue weighted by molar-refractivity contribution is -0.389. The Morgan fingerprint density at radius 3 is 2.54 bits per heavy atom. The molecule has 0 saturated carbocycles. The van der Waals surface area contributed by atoms with Crippen LogP contribution in [0.3, 0.4) is 0 Å². The van der Waals surface area contributed by atoms with Crippen molar-refractivity contribution in [3.63, 3.8) is 0 Å². The summed E-state index contributed by atoms with van der Waals surface area (Å²) in [6.45, 7) is 6.59. The molecule has 0 radical (unpaired) electrons. The first-order valence-corrected chi connectivity index (χ1v) is 9.04. The van der Waals surface area contributed by atoms with Crippen molar-refractivity contribution in [2.75, 3.05) is 37.6 Å². The molecule has 2 aromatic rings. The van der Waals surface area contributed by atoms with Crippen LogP contribution in [0.15, 0.2) is 30.5 Å². The fourth-order valence-electron chi connectivity index (χ4n) is 3.82. The number of hydrogen-bond acceptors (Lipinski definition) is 7. The van der Waals surface area contributed by atoms with E-state index in [1.807, 2.05) is 19.1 Å². The smallest absolute Gasteiger partial charge is 0.415 e. The van der Waals surface area contributed by atoms with Gasteiger partial charge in [0.05, 0.1) is 12.1 Å². The number of benzene rings is 1. The number of hydrogen-bond donors (Lipinski definition) is 1. The highest BCUT2D eigenvalue weighted by atomic mass is 16.6. The number of anilines is 1. The summed E-state index contributed by atoms with van der Waals surface area (Å²) in [5.74, 6) is -1.12. The maximum absolute atomic E-state index is 11.0. The van der Waals surface area contributed by atoms with E-state index >= 15 is 0 Å². The van der Waals surface area contributed by atoms with Crippen LogP contribution in [-0.4, -0.2) is 68.8 Å². The molecule has 1 saturated heterocycles. The van der Waals surface area contributed by atoms with E-state index in [2.05, 4.69) is 14.8 Å². The summed E-state index contributed by atoms with van der Waals surface area (Å²) in [6.07, 6.45) is 1.42. The molecule has 4 rings (SSSR count). The van der Waals surface area contributed by atoms with Crippen LogP contribution in [0.25, 0.3) is 0 Å². The van der Waals surface area contributed by atoms with Crippen molar-refractivity contribution in [3.05, 3.63) is 46.1 Å². The first-order valence-electron chi connectivity index (χ1n) is 9.04. The van der Waals surface area contributed by atoms with Crippen LogP contribution in [0, 0.1) is 10.1 Å². The number of nitrogens with zero attached hydrogens (tertiary/aromatic N) is 5.